The van der Waals surface area contributed by atoms with E-state index in [9.17, 15) is 22.4 Å². The highest BCUT2D eigenvalue weighted by atomic mass is 19.4. The van der Waals surface area contributed by atoms with Gasteiger partial charge in [-0.25, -0.2) is 13.8 Å². The zero-order valence-electron chi connectivity index (χ0n) is 28.9. The number of ether oxygens (including phenoxy) is 2. The number of alkyl halides is 3. The van der Waals surface area contributed by atoms with Gasteiger partial charge >= 0.3 is 12.2 Å². The summed E-state index contributed by atoms with van der Waals surface area (Å²) in [6.45, 7) is 4.28. The van der Waals surface area contributed by atoms with Gasteiger partial charge in [-0.05, 0) is 70.5 Å². The van der Waals surface area contributed by atoms with Gasteiger partial charge in [0.2, 0.25) is 11.8 Å². The monoisotopic (exact) mass is 716 g/mol. The molecule has 0 spiro atoms. The highest BCUT2D eigenvalue weighted by Crippen LogP contribution is 2.47. The maximum atomic E-state index is 16.9. The molecule has 0 saturated carbocycles. The molecule has 0 aliphatic carbocycles. The molecule has 7 heterocycles. The lowest BCUT2D eigenvalue weighted by Gasteiger charge is -2.42. The number of rotatable bonds is 5. The number of nitrogens with one attached hydrogen (secondary N) is 1. The molecule has 3 aromatic rings. The average molecular weight is 717 g/mol. The molecule has 16 heteroatoms. The minimum absolute atomic E-state index is 0.0166. The van der Waals surface area contributed by atoms with E-state index in [0.29, 0.717) is 12.4 Å². The maximum absolute atomic E-state index is 16.9. The smallest absolute Gasteiger partial charge is 0.417 e. The van der Waals surface area contributed by atoms with Crippen LogP contribution in [0.15, 0.2) is 6.07 Å². The van der Waals surface area contributed by atoms with Crippen LogP contribution in [0.4, 0.5) is 33.5 Å². The number of hydrogen-bond donors (Lipinski definition) is 2. The summed E-state index contributed by atoms with van der Waals surface area (Å²) < 4.78 is 87.7. The van der Waals surface area contributed by atoms with Gasteiger partial charge in [0.1, 0.15) is 40.9 Å². The van der Waals surface area contributed by atoms with E-state index in [4.69, 9.17) is 20.2 Å². The van der Waals surface area contributed by atoms with Gasteiger partial charge in [-0.15, -0.1) is 0 Å². The number of aromatic nitrogens is 3. The predicted octanol–water partition coefficient (Wildman–Crippen LogP) is 4.68. The number of piperazine rings is 1. The molecule has 8 rings (SSSR count). The molecule has 3 N–H and O–H groups in total. The van der Waals surface area contributed by atoms with E-state index in [2.05, 4.69) is 25.1 Å². The summed E-state index contributed by atoms with van der Waals surface area (Å²) in [5.74, 6) is -2.06. The standard InChI is InChI=1S/C35H41F5N8O3/c1-15-25(35(38,39)40)21(12-22(41)26(15)36)28-27(37)29-24-31(48-13-18-5-8-23(42-18)30(48)16(2)51-32(24)43-28)45-34(44-29)50-14-20-7-6-19-11-17(9-10-47(19)20)33(49)46(3)4/h12,16-20,23,30,42H,5-11,13-14,41H2,1-4H3/t16-,17-,18+,19+,20-,23-,30+/m0/s1. The van der Waals surface area contributed by atoms with Gasteiger partial charge in [-0.2, -0.15) is 23.1 Å². The van der Waals surface area contributed by atoms with Crippen molar-refractivity contribution >= 4 is 28.3 Å². The SMILES string of the molecule is Cc1c(F)c(N)cc(-c2nc3c4c(nc(OC[C@@H]5CC[C@@H]6C[C@@H](C(=O)N(C)C)CCN65)nc4c2F)N2C[C@H]4CC[C@H](N4)[C@H]2[C@H](C)O3)c1C(F)(F)F. The molecule has 2 aromatic heterocycles. The third-order valence-electron chi connectivity index (χ3n) is 11.6. The number of benzene rings is 1. The van der Waals surface area contributed by atoms with Crippen LogP contribution < -0.4 is 25.4 Å². The van der Waals surface area contributed by atoms with Crippen LogP contribution in [-0.4, -0.2) is 101 Å². The number of piperidine rings is 1. The summed E-state index contributed by atoms with van der Waals surface area (Å²) in [5, 5.41) is 3.75. The Balaban J connectivity index is 1.21. The number of halogens is 5. The summed E-state index contributed by atoms with van der Waals surface area (Å²) in [4.78, 5) is 32.4. The van der Waals surface area contributed by atoms with Crippen molar-refractivity contribution in [3.05, 3.63) is 28.8 Å². The highest BCUT2D eigenvalue weighted by Gasteiger charge is 2.48. The molecule has 1 aromatic carbocycles. The zero-order chi connectivity index (χ0) is 36.1. The van der Waals surface area contributed by atoms with Crippen LogP contribution in [0, 0.1) is 24.5 Å². The second kappa shape index (κ2) is 12.3. The van der Waals surface area contributed by atoms with Gasteiger partial charge in [0.05, 0.1) is 17.3 Å². The van der Waals surface area contributed by atoms with Crippen LogP contribution in [-0.2, 0) is 11.0 Å². The summed E-state index contributed by atoms with van der Waals surface area (Å²) in [6, 6.07) is 0.833. The van der Waals surface area contributed by atoms with Crippen molar-refractivity contribution in [1.29, 1.82) is 0 Å². The minimum Gasteiger partial charge on any atom is -0.472 e. The van der Waals surface area contributed by atoms with Crippen molar-refractivity contribution in [3.8, 4) is 23.1 Å². The third-order valence-corrected chi connectivity index (χ3v) is 11.6. The summed E-state index contributed by atoms with van der Waals surface area (Å²) in [7, 11) is 3.55. The van der Waals surface area contributed by atoms with Gasteiger partial charge in [0.15, 0.2) is 5.82 Å². The first kappa shape index (κ1) is 34.1. The Morgan fingerprint density at radius 3 is 2.65 bits per heavy atom. The summed E-state index contributed by atoms with van der Waals surface area (Å²) in [6.07, 6.45) is -0.508. The first-order chi connectivity index (χ1) is 24.2. The van der Waals surface area contributed by atoms with E-state index in [1.54, 1.807) is 19.0 Å². The number of carbonyl (C=O) groups is 1. The molecule has 4 saturated heterocycles. The first-order valence-electron chi connectivity index (χ1n) is 17.6. The van der Waals surface area contributed by atoms with Crippen LogP contribution in [0.5, 0.6) is 11.9 Å². The molecule has 1 amide bonds. The molecule has 7 atom stereocenters. The Labute approximate surface area is 291 Å². The fourth-order valence-electron chi connectivity index (χ4n) is 9.23. The first-order valence-corrected chi connectivity index (χ1v) is 17.6. The van der Waals surface area contributed by atoms with Crippen LogP contribution in [0.25, 0.3) is 22.2 Å². The number of nitrogens with two attached hydrogens (primary N) is 1. The number of fused-ring (bicyclic) bond motifs is 6. The van der Waals surface area contributed by atoms with Crippen LogP contribution in [0.3, 0.4) is 0 Å². The number of nitrogens with zero attached hydrogens (tertiary/aromatic N) is 6. The van der Waals surface area contributed by atoms with Crippen molar-refractivity contribution < 1.29 is 36.2 Å². The van der Waals surface area contributed by atoms with E-state index >= 15 is 4.39 Å². The Morgan fingerprint density at radius 2 is 1.90 bits per heavy atom. The number of hydrogen-bond acceptors (Lipinski definition) is 10. The lowest BCUT2D eigenvalue weighted by molar-refractivity contribution is -0.137. The molecule has 4 fully saturated rings. The van der Waals surface area contributed by atoms with E-state index in [1.807, 2.05) is 6.92 Å². The molecule has 2 bridgehead atoms. The van der Waals surface area contributed by atoms with Crippen molar-refractivity contribution in [3.63, 3.8) is 0 Å². The maximum Gasteiger partial charge on any atom is 0.417 e. The molecule has 5 aliphatic rings. The number of carbonyl (C=O) groups excluding carboxylic acids is 1. The Morgan fingerprint density at radius 1 is 1.12 bits per heavy atom. The fourth-order valence-corrected chi connectivity index (χ4v) is 9.23. The molecular weight excluding hydrogens is 675 g/mol. The minimum atomic E-state index is -5.05. The molecule has 0 radical (unpaired) electrons. The third kappa shape index (κ3) is 5.60. The number of anilines is 2. The Bertz CT molecular complexity index is 1910. The molecule has 11 nitrogen and oxygen atoms in total. The molecule has 0 unspecified atom stereocenters. The van der Waals surface area contributed by atoms with Crippen LogP contribution >= 0.6 is 0 Å². The second-order valence-electron chi connectivity index (χ2n) is 14.9. The highest BCUT2D eigenvalue weighted by molar-refractivity contribution is 5.97. The van der Waals surface area contributed by atoms with Gasteiger partial charge in [-0.3, -0.25) is 9.69 Å². The fraction of sp³-hybridized carbons (Fsp3) is 0.600. The molecule has 51 heavy (non-hydrogen) atoms. The largest absolute Gasteiger partial charge is 0.472 e. The quantitative estimate of drug-likeness (QED) is 0.285. The Hall–Kier alpha value is -4.05. The lowest BCUT2D eigenvalue weighted by Crippen LogP contribution is -2.62. The van der Waals surface area contributed by atoms with Gasteiger partial charge in [-0.1, -0.05) is 0 Å². The van der Waals surface area contributed by atoms with E-state index in [-0.39, 0.29) is 71.4 Å². The van der Waals surface area contributed by atoms with Crippen molar-refractivity contribution in [2.75, 3.05) is 44.4 Å². The van der Waals surface area contributed by atoms with Crippen LogP contribution in [0.2, 0.25) is 0 Å². The molecule has 5 aliphatic heterocycles. The average Bonchev–Trinajstić information content (AvgIpc) is 3.64. The Kier molecular flexibility index (Phi) is 8.20. The predicted molar refractivity (Wildman–Crippen MR) is 178 cm³/mol. The zero-order valence-corrected chi connectivity index (χ0v) is 28.9. The van der Waals surface area contributed by atoms with Gasteiger partial charge < -0.3 is 30.3 Å². The van der Waals surface area contributed by atoms with Crippen molar-refractivity contribution in [2.24, 2.45) is 5.92 Å². The van der Waals surface area contributed by atoms with E-state index in [1.165, 1.54) is 0 Å². The molecular formula is C35H41F5N8O3. The van der Waals surface area contributed by atoms with Crippen LogP contribution in [0.1, 0.15) is 56.6 Å². The normalized spacial score (nSPS) is 28.6. The lowest BCUT2D eigenvalue weighted by atomic mass is 9.90. The summed E-state index contributed by atoms with van der Waals surface area (Å²) >= 11 is 0. The second-order valence-corrected chi connectivity index (χ2v) is 14.9. The number of amides is 1. The molecule has 274 valence electrons. The number of nitrogen functional groups attached to an aromatic ring is 1. The van der Waals surface area contributed by atoms with Crippen molar-refractivity contribution in [1.82, 2.24) is 30.1 Å². The number of pyridine rings is 1. The van der Waals surface area contributed by atoms with Gasteiger partial charge in [0.25, 0.3) is 0 Å². The van der Waals surface area contributed by atoms with Crippen molar-refractivity contribution in [2.45, 2.75) is 94.9 Å². The summed E-state index contributed by atoms with van der Waals surface area (Å²) in [5.41, 5.74) is 1.33. The van der Waals surface area contributed by atoms with E-state index < -0.39 is 52.0 Å². The van der Waals surface area contributed by atoms with Gasteiger partial charge in [0, 0.05) is 56.3 Å². The van der Waals surface area contributed by atoms with E-state index in [0.717, 1.165) is 58.1 Å². The topological polar surface area (TPSA) is 122 Å².